The van der Waals surface area contributed by atoms with Gasteiger partial charge < -0.3 is 20.7 Å². The first-order valence-corrected chi connectivity index (χ1v) is 11.2. The van der Waals surface area contributed by atoms with E-state index in [1.54, 1.807) is 31.2 Å². The summed E-state index contributed by atoms with van der Waals surface area (Å²) < 4.78 is 46.0. The predicted octanol–water partition coefficient (Wildman–Crippen LogP) is 5.72. The number of carbonyl (C=O) groups excluding carboxylic acids is 1. The first kappa shape index (κ1) is 24.3. The molecule has 1 amide bonds. The number of amides is 1. The Bertz CT molecular complexity index is 1260. The quantitative estimate of drug-likeness (QED) is 0.381. The number of ether oxygens (including phenoxy) is 1. The van der Waals surface area contributed by atoms with E-state index in [1.807, 2.05) is 30.3 Å². The average molecular weight is 498 g/mol. The summed E-state index contributed by atoms with van der Waals surface area (Å²) in [6, 6.07) is 21.0. The Balaban J connectivity index is 1.56. The molecule has 5 nitrogen and oxygen atoms in total. The monoisotopic (exact) mass is 497 g/mol. The van der Waals surface area contributed by atoms with Gasteiger partial charge in [-0.05, 0) is 54.5 Å². The fourth-order valence-corrected chi connectivity index (χ4v) is 4.04. The van der Waals surface area contributed by atoms with Crippen LogP contribution in [0, 0.1) is 0 Å². The van der Waals surface area contributed by atoms with Gasteiger partial charge in [0.15, 0.2) is 5.11 Å². The Kier molecular flexibility index (Phi) is 7.07. The minimum absolute atomic E-state index is 0.230. The van der Waals surface area contributed by atoms with Gasteiger partial charge in [-0.25, -0.2) is 0 Å². The Morgan fingerprint density at radius 1 is 1.00 bits per heavy atom. The Morgan fingerprint density at radius 2 is 1.66 bits per heavy atom. The van der Waals surface area contributed by atoms with Gasteiger partial charge in [-0.2, -0.15) is 13.2 Å². The molecule has 1 aliphatic heterocycles. The van der Waals surface area contributed by atoms with Crippen molar-refractivity contribution in [3.05, 3.63) is 107 Å². The van der Waals surface area contributed by atoms with Crippen LogP contribution in [0.2, 0.25) is 0 Å². The molecule has 1 atom stereocenters. The van der Waals surface area contributed by atoms with Crippen LogP contribution in [-0.4, -0.2) is 11.0 Å². The number of allylic oxidation sites excluding steroid dienone is 1. The number of alkyl halides is 3. The Hall–Kier alpha value is -3.85. The molecule has 0 aromatic heterocycles. The molecule has 35 heavy (non-hydrogen) atoms. The van der Waals surface area contributed by atoms with Crippen LogP contribution >= 0.6 is 12.2 Å². The molecule has 0 saturated heterocycles. The fourth-order valence-electron chi connectivity index (χ4n) is 3.77. The highest BCUT2D eigenvalue weighted by molar-refractivity contribution is 7.80. The van der Waals surface area contributed by atoms with Crippen LogP contribution in [0.15, 0.2) is 90.1 Å². The van der Waals surface area contributed by atoms with Gasteiger partial charge in [0, 0.05) is 5.70 Å². The molecule has 4 rings (SSSR count). The first-order chi connectivity index (χ1) is 16.7. The largest absolute Gasteiger partial charge is 0.489 e. The highest BCUT2D eigenvalue weighted by Crippen LogP contribution is 2.36. The fraction of sp³-hybridized carbons (Fsp3) is 0.154. The molecular formula is C26H22F3N3O2S. The van der Waals surface area contributed by atoms with E-state index in [0.29, 0.717) is 28.7 Å². The number of para-hydroxylation sites is 1. The zero-order valence-corrected chi connectivity index (χ0v) is 19.5. The molecular weight excluding hydrogens is 475 g/mol. The Morgan fingerprint density at radius 3 is 2.34 bits per heavy atom. The minimum atomic E-state index is -4.60. The number of rotatable bonds is 6. The van der Waals surface area contributed by atoms with Crippen molar-refractivity contribution >= 4 is 28.9 Å². The van der Waals surface area contributed by atoms with E-state index in [4.69, 9.17) is 17.0 Å². The van der Waals surface area contributed by atoms with Crippen molar-refractivity contribution in [2.45, 2.75) is 25.7 Å². The van der Waals surface area contributed by atoms with E-state index >= 15 is 0 Å². The van der Waals surface area contributed by atoms with E-state index in [1.165, 1.54) is 18.2 Å². The van der Waals surface area contributed by atoms with Crippen molar-refractivity contribution in [1.29, 1.82) is 0 Å². The van der Waals surface area contributed by atoms with Crippen LogP contribution in [0.1, 0.15) is 29.7 Å². The van der Waals surface area contributed by atoms with Crippen molar-refractivity contribution in [2.24, 2.45) is 0 Å². The first-order valence-electron chi connectivity index (χ1n) is 10.7. The molecule has 0 saturated carbocycles. The third-order valence-corrected chi connectivity index (χ3v) is 5.68. The number of hydrogen-bond donors (Lipinski definition) is 3. The molecule has 0 spiro atoms. The van der Waals surface area contributed by atoms with Crippen LogP contribution in [0.4, 0.5) is 18.9 Å². The second-order valence-corrected chi connectivity index (χ2v) is 8.32. The minimum Gasteiger partial charge on any atom is -0.489 e. The maximum absolute atomic E-state index is 13.4. The number of nitrogens with one attached hydrogen (secondary N) is 3. The molecule has 3 N–H and O–H groups in total. The zero-order valence-electron chi connectivity index (χ0n) is 18.6. The molecule has 9 heteroatoms. The number of benzene rings is 3. The molecule has 1 heterocycles. The van der Waals surface area contributed by atoms with Crippen molar-refractivity contribution in [1.82, 2.24) is 10.6 Å². The molecule has 180 valence electrons. The van der Waals surface area contributed by atoms with Crippen molar-refractivity contribution in [2.75, 3.05) is 5.32 Å². The summed E-state index contributed by atoms with van der Waals surface area (Å²) in [5, 5.41) is 8.65. The lowest BCUT2D eigenvalue weighted by atomic mass is 9.94. The van der Waals surface area contributed by atoms with Gasteiger partial charge in [0.05, 0.1) is 22.9 Å². The van der Waals surface area contributed by atoms with Gasteiger partial charge in [-0.15, -0.1) is 0 Å². The lowest BCUT2D eigenvalue weighted by Crippen LogP contribution is -2.45. The number of anilines is 1. The van der Waals surface area contributed by atoms with E-state index in [9.17, 15) is 18.0 Å². The standard InChI is InChI=1S/C26H22F3N3O2S/c1-16-22(24(33)31-21-10-6-5-9-20(21)26(27,28)29)23(32-25(35)30-16)18-11-13-19(14-12-18)34-15-17-7-3-2-4-8-17/h2-14,23H,15H2,1H3,(H,31,33)(H2,30,32,35)/t23-/m1/s1. The van der Waals surface area contributed by atoms with Gasteiger partial charge >= 0.3 is 6.18 Å². The highest BCUT2D eigenvalue weighted by Gasteiger charge is 2.35. The molecule has 0 bridgehead atoms. The van der Waals surface area contributed by atoms with E-state index in [2.05, 4.69) is 16.0 Å². The summed E-state index contributed by atoms with van der Waals surface area (Å²) in [4.78, 5) is 13.2. The van der Waals surface area contributed by atoms with Crippen LogP contribution in [0.3, 0.4) is 0 Å². The molecule has 0 unspecified atom stereocenters. The van der Waals surface area contributed by atoms with Crippen LogP contribution < -0.4 is 20.7 Å². The molecule has 3 aromatic carbocycles. The summed E-state index contributed by atoms with van der Waals surface area (Å²) in [6.07, 6.45) is -4.60. The normalized spacial score (nSPS) is 15.8. The topological polar surface area (TPSA) is 62.4 Å². The van der Waals surface area contributed by atoms with E-state index in [-0.39, 0.29) is 11.3 Å². The second kappa shape index (κ2) is 10.2. The van der Waals surface area contributed by atoms with Crippen LogP contribution in [0.5, 0.6) is 5.75 Å². The Labute approximate surface area is 206 Å². The van der Waals surface area contributed by atoms with Gasteiger partial charge in [-0.3, -0.25) is 4.79 Å². The molecule has 1 aliphatic rings. The summed E-state index contributed by atoms with van der Waals surface area (Å²) in [7, 11) is 0. The SMILES string of the molecule is CC1=C(C(=O)Nc2ccccc2C(F)(F)F)[C@@H](c2ccc(OCc3ccccc3)cc2)NC(=S)N1. The summed E-state index contributed by atoms with van der Waals surface area (Å²) in [5.41, 5.74) is 1.17. The van der Waals surface area contributed by atoms with Crippen LogP contribution in [0.25, 0.3) is 0 Å². The van der Waals surface area contributed by atoms with Crippen molar-refractivity contribution in [3.63, 3.8) is 0 Å². The number of thiocarbonyl (C=S) groups is 1. The van der Waals surface area contributed by atoms with Crippen LogP contribution in [-0.2, 0) is 17.6 Å². The van der Waals surface area contributed by atoms with Gasteiger partial charge in [0.1, 0.15) is 12.4 Å². The third kappa shape index (κ3) is 5.81. The summed E-state index contributed by atoms with van der Waals surface area (Å²) >= 11 is 5.26. The summed E-state index contributed by atoms with van der Waals surface area (Å²) in [5.74, 6) is -0.0315. The van der Waals surface area contributed by atoms with E-state index < -0.39 is 23.7 Å². The molecule has 0 aliphatic carbocycles. The maximum Gasteiger partial charge on any atom is 0.418 e. The lowest BCUT2D eigenvalue weighted by molar-refractivity contribution is -0.137. The van der Waals surface area contributed by atoms with Gasteiger partial charge in [-0.1, -0.05) is 54.6 Å². The molecule has 3 aromatic rings. The number of carbonyl (C=O) groups is 1. The smallest absolute Gasteiger partial charge is 0.418 e. The zero-order chi connectivity index (χ0) is 25.0. The maximum atomic E-state index is 13.4. The lowest BCUT2D eigenvalue weighted by Gasteiger charge is -2.30. The number of hydrogen-bond acceptors (Lipinski definition) is 3. The predicted molar refractivity (Wildman–Crippen MR) is 132 cm³/mol. The van der Waals surface area contributed by atoms with Crippen molar-refractivity contribution < 1.29 is 22.7 Å². The summed E-state index contributed by atoms with van der Waals surface area (Å²) in [6.45, 7) is 2.06. The van der Waals surface area contributed by atoms with E-state index in [0.717, 1.165) is 11.6 Å². The third-order valence-electron chi connectivity index (χ3n) is 5.46. The molecule has 0 fully saturated rings. The number of halogens is 3. The van der Waals surface area contributed by atoms with Crippen molar-refractivity contribution in [3.8, 4) is 5.75 Å². The molecule has 0 radical (unpaired) electrons. The average Bonchev–Trinajstić information content (AvgIpc) is 2.83. The van der Waals surface area contributed by atoms with Gasteiger partial charge in [0.25, 0.3) is 5.91 Å². The highest BCUT2D eigenvalue weighted by atomic mass is 32.1. The second-order valence-electron chi connectivity index (χ2n) is 7.91. The van der Waals surface area contributed by atoms with Gasteiger partial charge in [0.2, 0.25) is 0 Å².